The van der Waals surface area contributed by atoms with Crippen LogP contribution in [0.25, 0.3) is 0 Å². The Balaban J connectivity index is 1.65. The Morgan fingerprint density at radius 1 is 1.09 bits per heavy atom. The highest BCUT2D eigenvalue weighted by molar-refractivity contribution is 5.78. The number of rotatable bonds is 8. The van der Waals surface area contributed by atoms with Gasteiger partial charge in [-0.15, -0.1) is 13.2 Å². The summed E-state index contributed by atoms with van der Waals surface area (Å²) in [5.74, 6) is 1.78. The molecule has 8 unspecified atom stereocenters. The minimum absolute atomic E-state index is 0.0548. The van der Waals surface area contributed by atoms with Crippen molar-refractivity contribution in [1.82, 2.24) is 5.32 Å². The van der Waals surface area contributed by atoms with E-state index in [9.17, 15) is 14.7 Å². The molecule has 4 fully saturated rings. The second-order valence-corrected chi connectivity index (χ2v) is 12.2. The summed E-state index contributed by atoms with van der Waals surface area (Å²) in [5, 5.41) is 13.5. The molecule has 3 aliphatic carbocycles. The molecule has 2 N–H and O–H groups in total. The van der Waals surface area contributed by atoms with Crippen LogP contribution in [0.3, 0.4) is 0 Å². The second-order valence-electron chi connectivity index (χ2n) is 12.2. The summed E-state index contributed by atoms with van der Waals surface area (Å²) in [4.78, 5) is 24.8. The SMILES string of the molecule is C=CC12CCC3C(C(C(=O)O)C[C@H]4NC(=O)CCC34C=C)C1CCC2C(C)CCCC(C)C. The number of nitrogens with one attached hydrogen (secondary N) is 1. The van der Waals surface area contributed by atoms with Crippen LogP contribution in [0.5, 0.6) is 0 Å². The fourth-order valence-corrected chi connectivity index (χ4v) is 9.13. The molecule has 0 spiro atoms. The largest absolute Gasteiger partial charge is 0.481 e. The van der Waals surface area contributed by atoms with Crippen molar-refractivity contribution < 1.29 is 14.7 Å². The number of hydrogen-bond acceptors (Lipinski definition) is 2. The van der Waals surface area contributed by atoms with E-state index in [0.29, 0.717) is 30.6 Å². The van der Waals surface area contributed by atoms with Crippen molar-refractivity contribution in [3.05, 3.63) is 25.3 Å². The van der Waals surface area contributed by atoms with Crippen LogP contribution in [0.4, 0.5) is 0 Å². The zero-order valence-corrected chi connectivity index (χ0v) is 21.0. The molecule has 0 aromatic heterocycles. The molecule has 0 aromatic carbocycles. The minimum atomic E-state index is -0.684. The summed E-state index contributed by atoms with van der Waals surface area (Å²) in [6.07, 6.45) is 14.4. The highest BCUT2D eigenvalue weighted by atomic mass is 16.4. The van der Waals surface area contributed by atoms with Crippen molar-refractivity contribution in [3.8, 4) is 0 Å². The third-order valence-electron chi connectivity index (χ3n) is 10.6. The number of amides is 1. The maximum atomic E-state index is 12.6. The zero-order valence-electron chi connectivity index (χ0n) is 21.0. The quantitative estimate of drug-likeness (QED) is 0.426. The molecule has 1 heterocycles. The number of aliphatic carboxylic acids is 1. The molecule has 4 nitrogen and oxygen atoms in total. The van der Waals surface area contributed by atoms with E-state index in [4.69, 9.17) is 0 Å². The number of allylic oxidation sites excluding steroid dienone is 1. The van der Waals surface area contributed by atoms with E-state index in [1.54, 1.807) is 0 Å². The topological polar surface area (TPSA) is 66.4 Å². The van der Waals surface area contributed by atoms with Crippen molar-refractivity contribution in [3.63, 3.8) is 0 Å². The molecule has 0 aromatic rings. The summed E-state index contributed by atoms with van der Waals surface area (Å²) < 4.78 is 0. The summed E-state index contributed by atoms with van der Waals surface area (Å²) in [6, 6.07) is -0.0954. The first-order valence-corrected chi connectivity index (χ1v) is 13.5. The third kappa shape index (κ3) is 3.90. The molecule has 1 aliphatic heterocycles. The lowest BCUT2D eigenvalue weighted by atomic mass is 9.43. The maximum Gasteiger partial charge on any atom is 0.306 e. The molecule has 4 rings (SSSR count). The van der Waals surface area contributed by atoms with Gasteiger partial charge in [0.15, 0.2) is 0 Å². The number of piperidine rings is 1. The highest BCUT2D eigenvalue weighted by Gasteiger charge is 2.65. The Morgan fingerprint density at radius 3 is 2.42 bits per heavy atom. The van der Waals surface area contributed by atoms with Gasteiger partial charge in [0.2, 0.25) is 5.91 Å². The molecule has 0 bridgehead atoms. The van der Waals surface area contributed by atoms with Crippen molar-refractivity contribution in [1.29, 1.82) is 0 Å². The number of hydrogen-bond donors (Lipinski definition) is 2. The fraction of sp³-hybridized carbons (Fsp3) is 0.793. The standard InChI is InChI=1S/C29H45NO3/c1-6-28-15-13-23-26(22(28)12-11-21(28)19(5)10-8-9-18(3)4)20(27(32)33)17-24-29(23,7-2)16-14-25(31)30-24/h6-7,18-24,26H,1-2,8-17H2,3-5H3,(H,30,31)(H,32,33)/t19?,20?,21?,22?,23?,24-,26?,28?,29?/m1/s1. The van der Waals surface area contributed by atoms with Crippen LogP contribution in [0.1, 0.15) is 85.0 Å². The Bertz CT molecular complexity index is 790. The second kappa shape index (κ2) is 9.23. The number of carbonyl (C=O) groups excluding carboxylic acids is 1. The maximum absolute atomic E-state index is 12.6. The lowest BCUT2D eigenvalue weighted by Crippen LogP contribution is -2.64. The third-order valence-corrected chi connectivity index (χ3v) is 10.6. The van der Waals surface area contributed by atoms with E-state index in [2.05, 4.69) is 51.4 Å². The Kier molecular flexibility index (Phi) is 6.86. The monoisotopic (exact) mass is 455 g/mol. The average molecular weight is 456 g/mol. The predicted molar refractivity (Wildman–Crippen MR) is 132 cm³/mol. The molecular formula is C29H45NO3. The van der Waals surface area contributed by atoms with E-state index in [1.165, 1.54) is 25.7 Å². The smallest absolute Gasteiger partial charge is 0.306 e. The average Bonchev–Trinajstić information content (AvgIpc) is 3.18. The van der Waals surface area contributed by atoms with Crippen molar-refractivity contribution >= 4 is 11.9 Å². The molecule has 0 radical (unpaired) electrons. The Morgan fingerprint density at radius 2 is 1.79 bits per heavy atom. The lowest BCUT2D eigenvalue weighted by molar-refractivity contribution is -0.163. The van der Waals surface area contributed by atoms with Gasteiger partial charge < -0.3 is 10.4 Å². The van der Waals surface area contributed by atoms with Crippen molar-refractivity contribution in [2.24, 2.45) is 52.3 Å². The molecule has 33 heavy (non-hydrogen) atoms. The first-order valence-electron chi connectivity index (χ1n) is 13.5. The normalized spacial score (nSPS) is 43.1. The fourth-order valence-electron chi connectivity index (χ4n) is 9.13. The summed E-state index contributed by atoms with van der Waals surface area (Å²) >= 11 is 0. The van der Waals surface area contributed by atoms with E-state index in [0.717, 1.165) is 31.6 Å². The molecule has 4 heteroatoms. The van der Waals surface area contributed by atoms with Crippen LogP contribution < -0.4 is 5.32 Å². The molecule has 1 saturated heterocycles. The van der Waals surface area contributed by atoms with Gasteiger partial charge in [0.1, 0.15) is 0 Å². The van der Waals surface area contributed by atoms with Gasteiger partial charge in [0, 0.05) is 17.9 Å². The van der Waals surface area contributed by atoms with Crippen LogP contribution in [0.15, 0.2) is 25.3 Å². The number of carboxylic acid groups (broad SMARTS) is 1. The summed E-state index contributed by atoms with van der Waals surface area (Å²) in [6.45, 7) is 15.6. The first-order chi connectivity index (χ1) is 15.7. The predicted octanol–water partition coefficient (Wildman–Crippen LogP) is 6.23. The van der Waals surface area contributed by atoms with Gasteiger partial charge in [-0.25, -0.2) is 0 Å². The lowest BCUT2D eigenvalue weighted by Gasteiger charge is -2.62. The van der Waals surface area contributed by atoms with Gasteiger partial charge in [-0.1, -0.05) is 52.2 Å². The van der Waals surface area contributed by atoms with Crippen LogP contribution in [0, 0.1) is 52.3 Å². The molecule has 9 atom stereocenters. The summed E-state index contributed by atoms with van der Waals surface area (Å²) in [5.41, 5.74) is -0.113. The van der Waals surface area contributed by atoms with Gasteiger partial charge in [-0.3, -0.25) is 9.59 Å². The Hall–Kier alpha value is -1.58. The van der Waals surface area contributed by atoms with E-state index in [1.807, 2.05) is 0 Å². The van der Waals surface area contributed by atoms with Crippen molar-refractivity contribution in [2.75, 3.05) is 0 Å². The first kappa shape index (κ1) is 24.5. The molecule has 1 amide bonds. The van der Waals surface area contributed by atoms with Crippen LogP contribution in [-0.2, 0) is 9.59 Å². The van der Waals surface area contributed by atoms with Gasteiger partial charge in [0.25, 0.3) is 0 Å². The van der Waals surface area contributed by atoms with E-state index in [-0.39, 0.29) is 34.6 Å². The van der Waals surface area contributed by atoms with Crippen LogP contribution in [-0.4, -0.2) is 23.0 Å². The van der Waals surface area contributed by atoms with E-state index < -0.39 is 11.9 Å². The molecule has 3 saturated carbocycles. The Labute approximate surface area is 200 Å². The molecule has 4 aliphatic rings. The molecular weight excluding hydrogens is 410 g/mol. The molecule has 184 valence electrons. The van der Waals surface area contributed by atoms with E-state index >= 15 is 0 Å². The highest BCUT2D eigenvalue weighted by Crippen LogP contribution is 2.68. The number of fused-ring (bicyclic) bond motifs is 5. The van der Waals surface area contributed by atoms with Crippen LogP contribution >= 0.6 is 0 Å². The van der Waals surface area contributed by atoms with Gasteiger partial charge in [-0.05, 0) is 79.4 Å². The van der Waals surface area contributed by atoms with Gasteiger partial charge in [-0.2, -0.15) is 0 Å². The number of carbonyl (C=O) groups is 2. The van der Waals surface area contributed by atoms with Crippen LogP contribution in [0.2, 0.25) is 0 Å². The summed E-state index contributed by atoms with van der Waals surface area (Å²) in [7, 11) is 0. The minimum Gasteiger partial charge on any atom is -0.481 e. The van der Waals surface area contributed by atoms with Gasteiger partial charge >= 0.3 is 5.97 Å². The zero-order chi connectivity index (χ0) is 24.0. The number of carboxylic acids is 1. The van der Waals surface area contributed by atoms with Gasteiger partial charge in [0.05, 0.1) is 5.92 Å². The van der Waals surface area contributed by atoms with Crippen molar-refractivity contribution in [2.45, 2.75) is 91.0 Å².